The lowest BCUT2D eigenvalue weighted by molar-refractivity contribution is 0.250. The molecular weight excluding hydrogens is 372 g/mol. The molecule has 1 aromatic heterocycles. The van der Waals surface area contributed by atoms with Gasteiger partial charge in [0, 0.05) is 50.0 Å². The SMILES string of the molecule is COc1ccc2nc(-c3ccc(N4CCN(Cc5ccccc5)CC4)cc3)[nH]c2c1. The zero-order valence-electron chi connectivity index (χ0n) is 17.2. The molecule has 0 spiro atoms. The fourth-order valence-corrected chi connectivity index (χ4v) is 4.09. The molecule has 0 unspecified atom stereocenters. The largest absolute Gasteiger partial charge is 0.497 e. The van der Waals surface area contributed by atoms with E-state index in [1.54, 1.807) is 7.11 Å². The summed E-state index contributed by atoms with van der Waals surface area (Å²) >= 11 is 0. The molecule has 1 saturated heterocycles. The fourth-order valence-electron chi connectivity index (χ4n) is 4.09. The molecule has 5 rings (SSSR count). The summed E-state index contributed by atoms with van der Waals surface area (Å²) in [5, 5.41) is 0. The summed E-state index contributed by atoms with van der Waals surface area (Å²) in [7, 11) is 1.68. The van der Waals surface area contributed by atoms with Gasteiger partial charge in [0.15, 0.2) is 0 Å². The second-order valence-corrected chi connectivity index (χ2v) is 7.76. The summed E-state index contributed by atoms with van der Waals surface area (Å²) in [5.41, 5.74) is 5.69. The first-order valence-corrected chi connectivity index (χ1v) is 10.4. The van der Waals surface area contributed by atoms with Gasteiger partial charge in [0.25, 0.3) is 0 Å². The smallest absolute Gasteiger partial charge is 0.138 e. The number of hydrogen-bond acceptors (Lipinski definition) is 4. The summed E-state index contributed by atoms with van der Waals surface area (Å²) < 4.78 is 5.30. The van der Waals surface area contributed by atoms with Gasteiger partial charge in [-0.1, -0.05) is 30.3 Å². The molecule has 152 valence electrons. The van der Waals surface area contributed by atoms with Crippen LogP contribution in [0.15, 0.2) is 72.8 Å². The third-order valence-corrected chi connectivity index (χ3v) is 5.82. The molecule has 1 fully saturated rings. The average Bonchev–Trinajstić information content (AvgIpc) is 3.24. The number of piperazine rings is 1. The molecule has 4 aromatic rings. The van der Waals surface area contributed by atoms with Crippen LogP contribution in [-0.2, 0) is 6.54 Å². The third kappa shape index (κ3) is 3.89. The van der Waals surface area contributed by atoms with Crippen LogP contribution < -0.4 is 9.64 Å². The maximum Gasteiger partial charge on any atom is 0.138 e. The zero-order chi connectivity index (χ0) is 20.3. The van der Waals surface area contributed by atoms with Crippen molar-refractivity contribution >= 4 is 16.7 Å². The van der Waals surface area contributed by atoms with Gasteiger partial charge >= 0.3 is 0 Å². The van der Waals surface area contributed by atoms with Crippen LogP contribution in [0.3, 0.4) is 0 Å². The van der Waals surface area contributed by atoms with E-state index in [0.29, 0.717) is 0 Å². The Morgan fingerprint density at radius 1 is 0.900 bits per heavy atom. The minimum atomic E-state index is 0.833. The Hall–Kier alpha value is -3.31. The Morgan fingerprint density at radius 2 is 1.67 bits per heavy atom. The predicted octanol–water partition coefficient (Wildman–Crippen LogP) is 4.56. The summed E-state index contributed by atoms with van der Waals surface area (Å²) in [5.74, 6) is 1.72. The Balaban J connectivity index is 1.24. The van der Waals surface area contributed by atoms with Gasteiger partial charge in [-0.3, -0.25) is 4.90 Å². The molecule has 1 N–H and O–H groups in total. The molecule has 0 aliphatic carbocycles. The number of aromatic nitrogens is 2. The van der Waals surface area contributed by atoms with Gasteiger partial charge in [0.1, 0.15) is 11.6 Å². The molecule has 5 heteroatoms. The summed E-state index contributed by atoms with van der Waals surface area (Å²) in [4.78, 5) is 13.1. The van der Waals surface area contributed by atoms with Gasteiger partial charge in [-0.15, -0.1) is 0 Å². The van der Waals surface area contributed by atoms with Crippen LogP contribution in [0.5, 0.6) is 5.75 Å². The van der Waals surface area contributed by atoms with E-state index in [0.717, 1.165) is 60.9 Å². The number of benzene rings is 3. The normalized spacial score (nSPS) is 14.9. The number of nitrogens with zero attached hydrogens (tertiary/aromatic N) is 3. The number of imidazole rings is 1. The van der Waals surface area contributed by atoms with Gasteiger partial charge in [-0.05, 0) is 42.0 Å². The lowest BCUT2D eigenvalue weighted by atomic mass is 10.1. The van der Waals surface area contributed by atoms with Crippen LogP contribution in [0.1, 0.15) is 5.56 Å². The highest BCUT2D eigenvalue weighted by Crippen LogP contribution is 2.26. The van der Waals surface area contributed by atoms with Gasteiger partial charge in [-0.25, -0.2) is 4.98 Å². The number of methoxy groups -OCH3 is 1. The summed E-state index contributed by atoms with van der Waals surface area (Å²) in [6.45, 7) is 5.31. The topological polar surface area (TPSA) is 44.4 Å². The molecule has 0 amide bonds. The lowest BCUT2D eigenvalue weighted by Gasteiger charge is -2.36. The molecule has 1 aliphatic heterocycles. The molecule has 1 aliphatic rings. The zero-order valence-corrected chi connectivity index (χ0v) is 17.2. The monoisotopic (exact) mass is 398 g/mol. The van der Waals surface area contributed by atoms with E-state index >= 15 is 0 Å². The summed E-state index contributed by atoms with van der Waals surface area (Å²) in [6.07, 6.45) is 0. The van der Waals surface area contributed by atoms with Crippen molar-refractivity contribution in [3.05, 3.63) is 78.4 Å². The van der Waals surface area contributed by atoms with Gasteiger partial charge in [0.05, 0.1) is 18.1 Å². The maximum absolute atomic E-state index is 5.30. The standard InChI is InChI=1S/C25H26N4O/c1-30-22-11-12-23-24(17-22)27-25(26-23)20-7-9-21(10-8-20)29-15-13-28(14-16-29)18-19-5-3-2-4-6-19/h2-12,17H,13-16,18H2,1H3,(H,26,27). The first kappa shape index (κ1) is 18.7. The number of anilines is 1. The molecule has 5 nitrogen and oxygen atoms in total. The molecule has 0 radical (unpaired) electrons. The molecule has 3 aromatic carbocycles. The van der Waals surface area contributed by atoms with E-state index in [2.05, 4.69) is 69.4 Å². The summed E-state index contributed by atoms with van der Waals surface area (Å²) in [6, 6.07) is 25.3. The number of H-pyrrole nitrogens is 1. The minimum Gasteiger partial charge on any atom is -0.497 e. The van der Waals surface area contributed by atoms with Crippen molar-refractivity contribution in [1.82, 2.24) is 14.9 Å². The van der Waals surface area contributed by atoms with Crippen molar-refractivity contribution in [3.8, 4) is 17.1 Å². The first-order valence-electron chi connectivity index (χ1n) is 10.4. The first-order chi connectivity index (χ1) is 14.8. The van der Waals surface area contributed by atoms with Crippen LogP contribution in [0.4, 0.5) is 5.69 Å². The molecule has 2 heterocycles. The Labute approximate surface area is 176 Å². The van der Waals surface area contributed by atoms with E-state index in [-0.39, 0.29) is 0 Å². The minimum absolute atomic E-state index is 0.833. The molecular formula is C25H26N4O. The van der Waals surface area contributed by atoms with Gasteiger partial charge < -0.3 is 14.6 Å². The van der Waals surface area contributed by atoms with E-state index in [4.69, 9.17) is 9.72 Å². The van der Waals surface area contributed by atoms with Crippen molar-refractivity contribution in [2.75, 3.05) is 38.2 Å². The van der Waals surface area contributed by atoms with Crippen LogP contribution in [0.2, 0.25) is 0 Å². The number of ether oxygens (including phenoxy) is 1. The molecule has 0 saturated carbocycles. The van der Waals surface area contributed by atoms with Crippen LogP contribution >= 0.6 is 0 Å². The molecule has 0 bridgehead atoms. The van der Waals surface area contributed by atoms with Crippen molar-refractivity contribution in [2.45, 2.75) is 6.54 Å². The van der Waals surface area contributed by atoms with Gasteiger partial charge in [-0.2, -0.15) is 0 Å². The van der Waals surface area contributed by atoms with Crippen LogP contribution in [-0.4, -0.2) is 48.2 Å². The number of hydrogen-bond donors (Lipinski definition) is 1. The van der Waals surface area contributed by atoms with Crippen molar-refractivity contribution in [1.29, 1.82) is 0 Å². The third-order valence-electron chi connectivity index (χ3n) is 5.82. The van der Waals surface area contributed by atoms with Crippen molar-refractivity contribution in [2.24, 2.45) is 0 Å². The Bertz CT molecular complexity index is 1110. The molecule has 30 heavy (non-hydrogen) atoms. The molecule has 0 atom stereocenters. The predicted molar refractivity (Wildman–Crippen MR) is 122 cm³/mol. The number of nitrogens with one attached hydrogen (secondary N) is 1. The van der Waals surface area contributed by atoms with Crippen LogP contribution in [0, 0.1) is 0 Å². The van der Waals surface area contributed by atoms with Gasteiger partial charge in [0.2, 0.25) is 0 Å². The van der Waals surface area contributed by atoms with Crippen molar-refractivity contribution in [3.63, 3.8) is 0 Å². The van der Waals surface area contributed by atoms with Crippen LogP contribution in [0.25, 0.3) is 22.4 Å². The maximum atomic E-state index is 5.30. The van der Waals surface area contributed by atoms with E-state index in [9.17, 15) is 0 Å². The number of fused-ring (bicyclic) bond motifs is 1. The number of rotatable bonds is 5. The number of aromatic amines is 1. The van der Waals surface area contributed by atoms with Crippen molar-refractivity contribution < 1.29 is 4.74 Å². The Morgan fingerprint density at radius 3 is 2.40 bits per heavy atom. The average molecular weight is 399 g/mol. The quantitative estimate of drug-likeness (QED) is 0.535. The van der Waals surface area contributed by atoms with E-state index in [1.165, 1.54) is 11.3 Å². The lowest BCUT2D eigenvalue weighted by Crippen LogP contribution is -2.45. The second-order valence-electron chi connectivity index (χ2n) is 7.76. The fraction of sp³-hybridized carbons (Fsp3) is 0.240. The highest BCUT2D eigenvalue weighted by molar-refractivity contribution is 5.81. The van der Waals surface area contributed by atoms with E-state index < -0.39 is 0 Å². The highest BCUT2D eigenvalue weighted by atomic mass is 16.5. The van der Waals surface area contributed by atoms with E-state index in [1.807, 2.05) is 18.2 Å². The highest BCUT2D eigenvalue weighted by Gasteiger charge is 2.17. The second kappa shape index (κ2) is 8.20. The Kier molecular flexibility index (Phi) is 5.11.